The van der Waals surface area contributed by atoms with E-state index in [0.29, 0.717) is 0 Å². The summed E-state index contributed by atoms with van der Waals surface area (Å²) in [7, 11) is 0. The number of oxime groups is 1. The Morgan fingerprint density at radius 1 is 1.50 bits per heavy atom. The van der Waals surface area contributed by atoms with Gasteiger partial charge in [-0.1, -0.05) is 18.5 Å². The molecule has 0 radical (unpaired) electrons. The molecule has 1 aromatic heterocycles. The second-order valence-electron chi connectivity index (χ2n) is 2.53. The minimum absolute atomic E-state index is 0.722. The van der Waals surface area contributed by atoms with E-state index in [1.54, 1.807) is 12.4 Å². The van der Waals surface area contributed by atoms with Crippen LogP contribution in [0.3, 0.4) is 0 Å². The van der Waals surface area contributed by atoms with Crippen LogP contribution in [-0.2, 0) is 0 Å². The molecule has 0 amide bonds. The highest BCUT2D eigenvalue weighted by atomic mass is 16.4. The minimum Gasteiger partial charge on any atom is -0.411 e. The lowest BCUT2D eigenvalue weighted by molar-refractivity contribution is 0.318. The molecular formula is C9H12N2O. The van der Waals surface area contributed by atoms with Crippen LogP contribution in [0.15, 0.2) is 29.7 Å². The highest BCUT2D eigenvalue weighted by Gasteiger charge is 2.00. The molecule has 64 valence electrons. The van der Waals surface area contributed by atoms with Crippen molar-refractivity contribution in [3.8, 4) is 0 Å². The Hall–Kier alpha value is -1.38. The Bertz CT molecular complexity index is 256. The molecule has 0 aliphatic rings. The zero-order valence-electron chi connectivity index (χ0n) is 7.07. The van der Waals surface area contributed by atoms with E-state index in [4.69, 9.17) is 5.21 Å². The number of pyridine rings is 1. The molecule has 0 saturated carbocycles. The summed E-state index contributed by atoms with van der Waals surface area (Å²) in [5, 5.41) is 11.9. The summed E-state index contributed by atoms with van der Waals surface area (Å²) in [6.07, 6.45) is 5.15. The van der Waals surface area contributed by atoms with Crippen LogP contribution >= 0.6 is 0 Å². The lowest BCUT2D eigenvalue weighted by Gasteiger charge is -2.00. The van der Waals surface area contributed by atoms with Crippen molar-refractivity contribution >= 4 is 5.71 Å². The Morgan fingerprint density at radius 2 is 2.17 bits per heavy atom. The van der Waals surface area contributed by atoms with Gasteiger partial charge in [-0.2, -0.15) is 0 Å². The van der Waals surface area contributed by atoms with Gasteiger partial charge in [0.25, 0.3) is 0 Å². The maximum absolute atomic E-state index is 8.68. The molecule has 0 aliphatic heterocycles. The number of rotatable bonds is 3. The molecule has 0 atom stereocenters. The fraction of sp³-hybridized carbons (Fsp3) is 0.333. The first kappa shape index (κ1) is 8.71. The molecule has 0 spiro atoms. The molecule has 0 aliphatic carbocycles. The minimum atomic E-state index is 0.722. The van der Waals surface area contributed by atoms with Crippen molar-refractivity contribution < 1.29 is 5.21 Å². The van der Waals surface area contributed by atoms with Crippen LogP contribution < -0.4 is 0 Å². The Kier molecular flexibility index (Phi) is 3.26. The van der Waals surface area contributed by atoms with Crippen molar-refractivity contribution in [1.82, 2.24) is 4.98 Å². The van der Waals surface area contributed by atoms with Gasteiger partial charge >= 0.3 is 0 Å². The first-order valence-electron chi connectivity index (χ1n) is 3.99. The van der Waals surface area contributed by atoms with Gasteiger partial charge in [-0.15, -0.1) is 0 Å². The van der Waals surface area contributed by atoms with E-state index >= 15 is 0 Å². The maximum atomic E-state index is 8.68. The Labute approximate surface area is 71.8 Å². The Balaban J connectivity index is 2.82. The van der Waals surface area contributed by atoms with Crippen LogP contribution in [0.25, 0.3) is 0 Å². The van der Waals surface area contributed by atoms with Crippen molar-refractivity contribution in [3.63, 3.8) is 0 Å². The van der Waals surface area contributed by atoms with Gasteiger partial charge in [0.2, 0.25) is 0 Å². The van der Waals surface area contributed by atoms with Crippen LogP contribution in [0.4, 0.5) is 0 Å². The van der Waals surface area contributed by atoms with E-state index in [9.17, 15) is 0 Å². The third-order valence-corrected chi connectivity index (χ3v) is 1.62. The zero-order chi connectivity index (χ0) is 8.81. The van der Waals surface area contributed by atoms with Crippen molar-refractivity contribution in [2.24, 2.45) is 5.16 Å². The monoisotopic (exact) mass is 164 g/mol. The number of hydrogen-bond donors (Lipinski definition) is 1. The summed E-state index contributed by atoms with van der Waals surface area (Å²) in [5.74, 6) is 0. The van der Waals surface area contributed by atoms with Gasteiger partial charge in [0.05, 0.1) is 5.71 Å². The molecule has 0 fully saturated rings. The molecule has 0 unspecified atom stereocenters. The molecule has 0 aromatic carbocycles. The van der Waals surface area contributed by atoms with E-state index in [1.165, 1.54) is 0 Å². The van der Waals surface area contributed by atoms with Gasteiger partial charge in [0, 0.05) is 18.0 Å². The second-order valence-corrected chi connectivity index (χ2v) is 2.53. The average molecular weight is 164 g/mol. The Morgan fingerprint density at radius 3 is 2.67 bits per heavy atom. The number of hydrogen-bond acceptors (Lipinski definition) is 3. The topological polar surface area (TPSA) is 45.5 Å². The highest BCUT2D eigenvalue weighted by Crippen LogP contribution is 2.04. The van der Waals surface area contributed by atoms with Crippen LogP contribution in [0.1, 0.15) is 25.3 Å². The van der Waals surface area contributed by atoms with E-state index in [-0.39, 0.29) is 0 Å². The summed E-state index contributed by atoms with van der Waals surface area (Å²) < 4.78 is 0. The van der Waals surface area contributed by atoms with E-state index in [1.807, 2.05) is 19.1 Å². The van der Waals surface area contributed by atoms with Crippen LogP contribution in [-0.4, -0.2) is 15.9 Å². The van der Waals surface area contributed by atoms with E-state index in [0.717, 1.165) is 24.1 Å². The molecule has 0 bridgehead atoms. The summed E-state index contributed by atoms with van der Waals surface area (Å²) >= 11 is 0. The molecule has 1 rings (SSSR count). The lowest BCUT2D eigenvalue weighted by atomic mass is 10.1. The maximum Gasteiger partial charge on any atom is 0.0868 e. The zero-order valence-corrected chi connectivity index (χ0v) is 7.07. The van der Waals surface area contributed by atoms with Crippen LogP contribution in [0.5, 0.6) is 0 Å². The second kappa shape index (κ2) is 4.49. The van der Waals surface area contributed by atoms with Crippen LogP contribution in [0, 0.1) is 0 Å². The number of nitrogens with zero attached hydrogens (tertiary/aromatic N) is 2. The SMILES string of the molecule is CCCC(=NO)c1ccncc1. The lowest BCUT2D eigenvalue weighted by Crippen LogP contribution is -1.99. The van der Waals surface area contributed by atoms with Gasteiger partial charge in [-0.25, -0.2) is 0 Å². The fourth-order valence-corrected chi connectivity index (χ4v) is 1.03. The summed E-state index contributed by atoms with van der Waals surface area (Å²) in [4.78, 5) is 3.89. The average Bonchev–Trinajstić information content (AvgIpc) is 2.15. The largest absolute Gasteiger partial charge is 0.411 e. The van der Waals surface area contributed by atoms with Crippen molar-refractivity contribution in [2.45, 2.75) is 19.8 Å². The van der Waals surface area contributed by atoms with E-state index < -0.39 is 0 Å². The standard InChI is InChI=1S/C9H12N2O/c1-2-3-9(11-12)8-4-6-10-7-5-8/h4-7,12H,2-3H2,1H3. The quantitative estimate of drug-likeness (QED) is 0.422. The molecule has 1 heterocycles. The summed E-state index contributed by atoms with van der Waals surface area (Å²) in [6.45, 7) is 2.05. The van der Waals surface area contributed by atoms with Crippen molar-refractivity contribution in [3.05, 3.63) is 30.1 Å². The molecule has 3 nitrogen and oxygen atoms in total. The predicted molar refractivity (Wildman–Crippen MR) is 47.5 cm³/mol. The first-order chi connectivity index (χ1) is 5.88. The predicted octanol–water partition coefficient (Wildman–Crippen LogP) is 2.06. The molecule has 1 N–H and O–H groups in total. The van der Waals surface area contributed by atoms with E-state index in [2.05, 4.69) is 10.1 Å². The summed E-state index contributed by atoms with van der Waals surface area (Å²) in [6, 6.07) is 3.68. The molecule has 1 aromatic rings. The van der Waals surface area contributed by atoms with Crippen molar-refractivity contribution in [1.29, 1.82) is 0 Å². The van der Waals surface area contributed by atoms with Crippen molar-refractivity contribution in [2.75, 3.05) is 0 Å². The third kappa shape index (κ3) is 2.05. The summed E-state index contributed by atoms with van der Waals surface area (Å²) in [5.41, 5.74) is 1.66. The van der Waals surface area contributed by atoms with Gasteiger partial charge in [-0.3, -0.25) is 4.98 Å². The number of aromatic nitrogens is 1. The fourth-order valence-electron chi connectivity index (χ4n) is 1.03. The normalized spacial score (nSPS) is 11.6. The molecule has 0 saturated heterocycles. The van der Waals surface area contributed by atoms with Gasteiger partial charge in [0.1, 0.15) is 0 Å². The first-order valence-corrected chi connectivity index (χ1v) is 3.99. The van der Waals surface area contributed by atoms with Crippen LogP contribution in [0.2, 0.25) is 0 Å². The smallest absolute Gasteiger partial charge is 0.0868 e. The molecule has 3 heteroatoms. The molecule has 12 heavy (non-hydrogen) atoms. The highest BCUT2D eigenvalue weighted by molar-refractivity contribution is 5.99. The van der Waals surface area contributed by atoms with Gasteiger partial charge in [0.15, 0.2) is 0 Å². The van der Waals surface area contributed by atoms with Gasteiger partial charge in [-0.05, 0) is 18.6 Å². The molecular weight excluding hydrogens is 152 g/mol. The van der Waals surface area contributed by atoms with Gasteiger partial charge < -0.3 is 5.21 Å². The third-order valence-electron chi connectivity index (χ3n) is 1.62.